The van der Waals surface area contributed by atoms with Crippen molar-refractivity contribution in [3.05, 3.63) is 35.4 Å². The third-order valence-electron chi connectivity index (χ3n) is 5.12. The lowest BCUT2D eigenvalue weighted by molar-refractivity contribution is 0.0950. The Hall–Kier alpha value is -1.39. The van der Waals surface area contributed by atoms with Gasteiger partial charge in [-0.25, -0.2) is 5.84 Å². The topological polar surface area (TPSA) is 58.4 Å². The third kappa shape index (κ3) is 3.11. The van der Waals surface area contributed by atoms with Crippen LogP contribution in [0.4, 0.5) is 0 Å². The van der Waals surface area contributed by atoms with Gasteiger partial charge in [0.25, 0.3) is 5.91 Å². The van der Waals surface area contributed by atoms with Crippen LogP contribution in [0.2, 0.25) is 0 Å². The molecule has 1 saturated carbocycles. The number of carbonyl (C=O) groups is 1. The van der Waals surface area contributed by atoms with E-state index in [9.17, 15) is 4.79 Å². The SMILES string of the molecule is NNC(=O)c1ccccc1CN1CCCC1C1CCCC1. The number of likely N-dealkylation sites (tertiary alicyclic amines) is 1. The molecule has 3 rings (SSSR count). The number of nitrogens with two attached hydrogens (primary N) is 1. The Bertz CT molecular complexity index is 497. The number of hydrogen-bond donors (Lipinski definition) is 2. The Morgan fingerprint density at radius 3 is 2.71 bits per heavy atom. The largest absolute Gasteiger partial charge is 0.296 e. The molecule has 1 aliphatic carbocycles. The summed E-state index contributed by atoms with van der Waals surface area (Å²) in [5.74, 6) is 5.97. The minimum atomic E-state index is -0.192. The number of carbonyl (C=O) groups excluding carboxylic acids is 1. The third-order valence-corrected chi connectivity index (χ3v) is 5.12. The van der Waals surface area contributed by atoms with Gasteiger partial charge in [-0.05, 0) is 49.8 Å². The normalized spacial score (nSPS) is 23.6. The molecule has 21 heavy (non-hydrogen) atoms. The van der Waals surface area contributed by atoms with E-state index in [-0.39, 0.29) is 5.91 Å². The molecule has 1 aromatic carbocycles. The molecular formula is C17H25N3O. The second-order valence-electron chi connectivity index (χ2n) is 6.36. The van der Waals surface area contributed by atoms with E-state index < -0.39 is 0 Å². The first-order valence-electron chi connectivity index (χ1n) is 8.12. The van der Waals surface area contributed by atoms with Crippen molar-refractivity contribution in [3.63, 3.8) is 0 Å². The summed E-state index contributed by atoms with van der Waals surface area (Å²) >= 11 is 0. The molecule has 0 aromatic heterocycles. The van der Waals surface area contributed by atoms with Crippen LogP contribution >= 0.6 is 0 Å². The fourth-order valence-corrected chi connectivity index (χ4v) is 4.10. The van der Waals surface area contributed by atoms with Crippen LogP contribution in [-0.2, 0) is 6.54 Å². The van der Waals surface area contributed by atoms with Crippen molar-refractivity contribution in [1.29, 1.82) is 0 Å². The maximum Gasteiger partial charge on any atom is 0.265 e. The highest BCUT2D eigenvalue weighted by molar-refractivity contribution is 5.95. The fourth-order valence-electron chi connectivity index (χ4n) is 4.10. The summed E-state index contributed by atoms with van der Waals surface area (Å²) in [5, 5.41) is 0. The highest BCUT2D eigenvalue weighted by Crippen LogP contribution is 2.36. The van der Waals surface area contributed by atoms with Crippen LogP contribution in [0, 0.1) is 5.92 Å². The van der Waals surface area contributed by atoms with Gasteiger partial charge in [-0.3, -0.25) is 15.1 Å². The van der Waals surface area contributed by atoms with Gasteiger partial charge >= 0.3 is 0 Å². The average Bonchev–Trinajstić information content (AvgIpc) is 3.17. The number of nitrogen functional groups attached to an aromatic ring is 1. The summed E-state index contributed by atoms with van der Waals surface area (Å²) in [6, 6.07) is 8.52. The Balaban J connectivity index is 1.75. The van der Waals surface area contributed by atoms with Gasteiger partial charge in [0.15, 0.2) is 0 Å². The Morgan fingerprint density at radius 2 is 1.95 bits per heavy atom. The van der Waals surface area contributed by atoms with Gasteiger partial charge in [0.1, 0.15) is 0 Å². The van der Waals surface area contributed by atoms with E-state index in [1.54, 1.807) is 0 Å². The number of hydrazine groups is 1. The smallest absolute Gasteiger partial charge is 0.265 e. The molecule has 1 atom stereocenters. The number of hydrogen-bond acceptors (Lipinski definition) is 3. The van der Waals surface area contributed by atoms with Crippen molar-refractivity contribution in [2.75, 3.05) is 6.54 Å². The van der Waals surface area contributed by atoms with E-state index in [0.717, 1.165) is 24.6 Å². The summed E-state index contributed by atoms with van der Waals surface area (Å²) in [4.78, 5) is 14.5. The van der Waals surface area contributed by atoms with E-state index in [4.69, 9.17) is 5.84 Å². The van der Waals surface area contributed by atoms with Gasteiger partial charge in [0.2, 0.25) is 0 Å². The molecule has 0 spiro atoms. The minimum Gasteiger partial charge on any atom is -0.296 e. The van der Waals surface area contributed by atoms with E-state index in [2.05, 4.69) is 16.4 Å². The van der Waals surface area contributed by atoms with Gasteiger partial charge in [-0.2, -0.15) is 0 Å². The molecule has 1 amide bonds. The molecule has 4 nitrogen and oxygen atoms in total. The first kappa shape index (κ1) is 14.5. The average molecular weight is 287 g/mol. The minimum absolute atomic E-state index is 0.192. The number of amides is 1. The lowest BCUT2D eigenvalue weighted by Gasteiger charge is -2.29. The molecule has 2 fully saturated rings. The lowest BCUT2D eigenvalue weighted by atomic mass is 9.95. The standard InChI is InChI=1S/C17H25N3O/c18-19-17(21)15-9-4-3-8-14(15)12-20-11-5-10-16(20)13-6-1-2-7-13/h3-4,8-9,13,16H,1-2,5-7,10-12,18H2,(H,19,21). The van der Waals surface area contributed by atoms with E-state index in [0.29, 0.717) is 11.6 Å². The summed E-state index contributed by atoms with van der Waals surface area (Å²) in [6.45, 7) is 2.02. The first-order valence-corrected chi connectivity index (χ1v) is 8.12. The van der Waals surface area contributed by atoms with Gasteiger partial charge in [0, 0.05) is 18.2 Å². The van der Waals surface area contributed by atoms with Gasteiger partial charge in [0.05, 0.1) is 0 Å². The molecule has 1 aliphatic heterocycles. The monoisotopic (exact) mass is 287 g/mol. The van der Waals surface area contributed by atoms with Gasteiger partial charge in [-0.1, -0.05) is 31.0 Å². The predicted octanol–water partition coefficient (Wildman–Crippen LogP) is 2.44. The summed E-state index contributed by atoms with van der Waals surface area (Å²) in [7, 11) is 0. The summed E-state index contributed by atoms with van der Waals surface area (Å²) in [6.07, 6.45) is 8.14. The van der Waals surface area contributed by atoms with Crippen molar-refractivity contribution in [2.45, 2.75) is 51.1 Å². The van der Waals surface area contributed by atoms with Crippen molar-refractivity contribution in [2.24, 2.45) is 11.8 Å². The van der Waals surface area contributed by atoms with Crippen LogP contribution in [0.3, 0.4) is 0 Å². The van der Waals surface area contributed by atoms with Crippen molar-refractivity contribution in [1.82, 2.24) is 10.3 Å². The van der Waals surface area contributed by atoms with Crippen LogP contribution in [-0.4, -0.2) is 23.4 Å². The molecule has 1 saturated heterocycles. The van der Waals surface area contributed by atoms with E-state index in [1.165, 1.54) is 38.5 Å². The van der Waals surface area contributed by atoms with Crippen LogP contribution in [0.25, 0.3) is 0 Å². The second kappa shape index (κ2) is 6.58. The predicted molar refractivity (Wildman–Crippen MR) is 83.5 cm³/mol. The quantitative estimate of drug-likeness (QED) is 0.508. The van der Waals surface area contributed by atoms with Crippen molar-refractivity contribution >= 4 is 5.91 Å². The molecule has 114 valence electrons. The van der Waals surface area contributed by atoms with Crippen LogP contribution in [0.5, 0.6) is 0 Å². The molecule has 2 aliphatic rings. The van der Waals surface area contributed by atoms with Gasteiger partial charge < -0.3 is 0 Å². The number of nitrogens with one attached hydrogen (secondary N) is 1. The molecule has 0 radical (unpaired) electrons. The molecule has 1 heterocycles. The number of nitrogens with zero attached hydrogens (tertiary/aromatic N) is 1. The highest BCUT2D eigenvalue weighted by Gasteiger charge is 2.33. The van der Waals surface area contributed by atoms with E-state index >= 15 is 0 Å². The fraction of sp³-hybridized carbons (Fsp3) is 0.588. The number of rotatable bonds is 4. The van der Waals surface area contributed by atoms with Crippen molar-refractivity contribution < 1.29 is 4.79 Å². The molecule has 3 N–H and O–H groups in total. The molecule has 1 unspecified atom stereocenters. The maximum absolute atomic E-state index is 11.9. The molecule has 1 aromatic rings. The zero-order chi connectivity index (χ0) is 14.7. The molecule has 0 bridgehead atoms. The zero-order valence-electron chi connectivity index (χ0n) is 12.6. The van der Waals surface area contributed by atoms with E-state index in [1.807, 2.05) is 18.2 Å². The lowest BCUT2D eigenvalue weighted by Crippen LogP contribution is -2.36. The number of benzene rings is 1. The Kier molecular flexibility index (Phi) is 4.56. The van der Waals surface area contributed by atoms with Crippen molar-refractivity contribution in [3.8, 4) is 0 Å². The molecule has 4 heteroatoms. The molecular weight excluding hydrogens is 262 g/mol. The summed E-state index contributed by atoms with van der Waals surface area (Å²) in [5.41, 5.74) is 4.05. The van der Waals surface area contributed by atoms with Crippen LogP contribution < -0.4 is 11.3 Å². The zero-order valence-corrected chi connectivity index (χ0v) is 12.6. The summed E-state index contributed by atoms with van der Waals surface area (Å²) < 4.78 is 0. The Morgan fingerprint density at radius 1 is 1.19 bits per heavy atom. The van der Waals surface area contributed by atoms with Gasteiger partial charge in [-0.15, -0.1) is 0 Å². The maximum atomic E-state index is 11.9. The van der Waals surface area contributed by atoms with Crippen LogP contribution in [0.15, 0.2) is 24.3 Å². The highest BCUT2D eigenvalue weighted by atomic mass is 16.2. The second-order valence-corrected chi connectivity index (χ2v) is 6.36. The first-order chi connectivity index (χ1) is 10.3. The van der Waals surface area contributed by atoms with Crippen LogP contribution in [0.1, 0.15) is 54.4 Å². The Labute approximate surface area is 126 Å².